The van der Waals surface area contributed by atoms with Gasteiger partial charge < -0.3 is 5.11 Å². The maximum Gasteiger partial charge on any atom is 0.263 e. The van der Waals surface area contributed by atoms with Gasteiger partial charge in [0.2, 0.25) is 5.88 Å². The zero-order chi connectivity index (χ0) is 11.4. The third-order valence-electron chi connectivity index (χ3n) is 1.76. The second-order valence-electron chi connectivity index (χ2n) is 2.74. The van der Waals surface area contributed by atoms with E-state index in [1.54, 1.807) is 6.08 Å². The predicted octanol–water partition coefficient (Wildman–Crippen LogP) is 1.60. The molecule has 0 aliphatic heterocycles. The number of aromatic nitrogens is 2. The van der Waals surface area contributed by atoms with Gasteiger partial charge in [0, 0.05) is 6.54 Å². The van der Waals surface area contributed by atoms with Crippen molar-refractivity contribution in [3.05, 3.63) is 45.7 Å². The zero-order valence-electron chi connectivity index (χ0n) is 7.99. The molecule has 0 aromatic carbocycles. The molecule has 2 N–H and O–H groups in total. The normalized spacial score (nSPS) is 9.33. The van der Waals surface area contributed by atoms with E-state index in [0.717, 1.165) is 0 Å². The Morgan fingerprint density at radius 1 is 1.67 bits per heavy atom. The Morgan fingerprint density at radius 3 is 2.87 bits per heavy atom. The van der Waals surface area contributed by atoms with E-state index in [1.165, 1.54) is 10.6 Å². The maximum atomic E-state index is 11.4. The van der Waals surface area contributed by atoms with E-state index in [9.17, 15) is 9.90 Å². The molecule has 0 saturated heterocycles. The number of rotatable bonds is 3. The molecule has 15 heavy (non-hydrogen) atoms. The standard InChI is InChI=1S/C10H10N2O2S/c1-3-5-7-8(13)11-10(15)12(6-4-2)9(7)14/h4-5,14H,1-2,6H2,(H,11,13,15). The first kappa shape index (κ1) is 11.2. The largest absolute Gasteiger partial charge is 0.494 e. The molecule has 0 unspecified atom stereocenters. The lowest BCUT2D eigenvalue weighted by atomic mass is 10.3. The quantitative estimate of drug-likeness (QED) is 0.464. The minimum atomic E-state index is -0.464. The van der Waals surface area contributed by atoms with Crippen molar-refractivity contribution in [1.82, 2.24) is 9.55 Å². The lowest BCUT2D eigenvalue weighted by molar-refractivity contribution is 0.413. The molecule has 0 amide bonds. The second-order valence-corrected chi connectivity index (χ2v) is 3.13. The Balaban J connectivity index is 3.62. The molecule has 0 aliphatic carbocycles. The fraction of sp³-hybridized carbons (Fsp3) is 0.100. The molecule has 1 aromatic heterocycles. The first-order chi connectivity index (χ1) is 7.11. The van der Waals surface area contributed by atoms with Crippen molar-refractivity contribution in [2.24, 2.45) is 0 Å². The first-order valence-corrected chi connectivity index (χ1v) is 4.55. The number of hydrogen-bond donors (Lipinski definition) is 2. The summed E-state index contributed by atoms with van der Waals surface area (Å²) in [4.78, 5) is 13.8. The molecule has 0 fully saturated rings. The summed E-state index contributed by atoms with van der Waals surface area (Å²) in [6.45, 7) is 7.18. The molecule has 0 aliphatic rings. The van der Waals surface area contributed by atoms with Gasteiger partial charge in [-0.1, -0.05) is 12.7 Å². The zero-order valence-corrected chi connectivity index (χ0v) is 8.80. The summed E-state index contributed by atoms with van der Waals surface area (Å²) >= 11 is 4.89. The molecule has 1 heterocycles. The van der Waals surface area contributed by atoms with Crippen LogP contribution in [-0.2, 0) is 6.54 Å². The Kier molecular flexibility index (Phi) is 3.44. The van der Waals surface area contributed by atoms with E-state index < -0.39 is 5.56 Å². The van der Waals surface area contributed by atoms with Crippen LogP contribution in [-0.4, -0.2) is 14.7 Å². The van der Waals surface area contributed by atoms with Crippen LogP contribution in [0.15, 0.2) is 29.8 Å². The third kappa shape index (κ3) is 2.15. The van der Waals surface area contributed by atoms with E-state index in [2.05, 4.69) is 23.9 Å². The van der Waals surface area contributed by atoms with E-state index in [1.807, 2.05) is 0 Å². The van der Waals surface area contributed by atoms with E-state index in [-0.39, 0.29) is 16.2 Å². The highest BCUT2D eigenvalue weighted by Gasteiger charge is 2.08. The summed E-state index contributed by atoms with van der Waals surface area (Å²) < 4.78 is 1.51. The molecule has 78 valence electrons. The van der Waals surface area contributed by atoms with Crippen molar-refractivity contribution in [3.63, 3.8) is 0 Å². The van der Waals surface area contributed by atoms with E-state index >= 15 is 0 Å². The monoisotopic (exact) mass is 222 g/mol. The van der Waals surface area contributed by atoms with E-state index in [0.29, 0.717) is 6.54 Å². The third-order valence-corrected chi connectivity index (χ3v) is 2.09. The number of aromatic amines is 1. The molecule has 0 saturated carbocycles. The minimum Gasteiger partial charge on any atom is -0.494 e. The summed E-state index contributed by atoms with van der Waals surface area (Å²) in [6, 6.07) is 0. The molecule has 1 aromatic rings. The van der Waals surface area contributed by atoms with Gasteiger partial charge in [-0.25, -0.2) is 0 Å². The first-order valence-electron chi connectivity index (χ1n) is 4.14. The van der Waals surface area contributed by atoms with Crippen LogP contribution in [0.1, 0.15) is 5.56 Å². The lowest BCUT2D eigenvalue weighted by Gasteiger charge is -2.07. The van der Waals surface area contributed by atoms with Crippen molar-refractivity contribution in [1.29, 1.82) is 0 Å². The van der Waals surface area contributed by atoms with Crippen molar-refractivity contribution >= 4 is 18.3 Å². The highest BCUT2D eigenvalue weighted by molar-refractivity contribution is 7.71. The highest BCUT2D eigenvalue weighted by Crippen LogP contribution is 2.13. The van der Waals surface area contributed by atoms with Crippen LogP contribution in [0.25, 0.3) is 6.08 Å². The molecule has 0 bridgehead atoms. The van der Waals surface area contributed by atoms with Crippen LogP contribution in [0, 0.1) is 4.77 Å². The van der Waals surface area contributed by atoms with Crippen molar-refractivity contribution < 1.29 is 5.11 Å². The number of aromatic hydroxyl groups is 1. The predicted molar refractivity (Wildman–Crippen MR) is 61.4 cm³/mol. The van der Waals surface area contributed by atoms with Gasteiger partial charge in [-0.3, -0.25) is 14.3 Å². The highest BCUT2D eigenvalue weighted by atomic mass is 32.1. The molecule has 0 spiro atoms. The second kappa shape index (κ2) is 4.59. The minimum absolute atomic E-state index is 0.0838. The van der Waals surface area contributed by atoms with E-state index in [4.69, 9.17) is 12.2 Å². The summed E-state index contributed by atoms with van der Waals surface area (Å²) in [6.07, 6.45) is 2.86. The summed E-state index contributed by atoms with van der Waals surface area (Å²) in [7, 11) is 0. The number of nitrogens with one attached hydrogen (secondary N) is 1. The van der Waals surface area contributed by atoms with Gasteiger partial charge in [-0.15, -0.1) is 12.3 Å². The Morgan fingerprint density at radius 2 is 2.33 bits per heavy atom. The lowest BCUT2D eigenvalue weighted by Crippen LogP contribution is -2.16. The molecule has 5 heteroatoms. The molecule has 1 rings (SSSR count). The fourth-order valence-electron chi connectivity index (χ4n) is 1.11. The van der Waals surface area contributed by atoms with Gasteiger partial charge in [0.15, 0.2) is 4.77 Å². The van der Waals surface area contributed by atoms with Crippen LogP contribution in [0.4, 0.5) is 0 Å². The van der Waals surface area contributed by atoms with Crippen LogP contribution in [0.3, 0.4) is 0 Å². The van der Waals surface area contributed by atoms with Gasteiger partial charge in [0.25, 0.3) is 5.56 Å². The molecular formula is C10H10N2O2S. The smallest absolute Gasteiger partial charge is 0.263 e. The SMILES string of the molecule is C=C=Cc1c(O)n(CC=C)c(=S)[nH]c1=O. The number of allylic oxidation sites excluding steroid dienone is 1. The van der Waals surface area contributed by atoms with Gasteiger partial charge in [-0.05, 0) is 18.3 Å². The van der Waals surface area contributed by atoms with Crippen LogP contribution in [0.5, 0.6) is 5.88 Å². The Hall–Kier alpha value is -1.84. The topological polar surface area (TPSA) is 58.0 Å². The summed E-state index contributed by atoms with van der Waals surface area (Å²) in [5, 5.41) is 9.74. The van der Waals surface area contributed by atoms with Crippen molar-refractivity contribution in [3.8, 4) is 5.88 Å². The summed E-state index contributed by atoms with van der Waals surface area (Å²) in [5.41, 5.74) is 2.05. The number of H-pyrrole nitrogens is 1. The van der Waals surface area contributed by atoms with Gasteiger partial charge in [0.05, 0.1) is 0 Å². The molecule has 0 radical (unpaired) electrons. The number of hydrogen-bond acceptors (Lipinski definition) is 3. The Bertz CT molecular complexity index is 548. The van der Waals surface area contributed by atoms with Gasteiger partial charge >= 0.3 is 0 Å². The van der Waals surface area contributed by atoms with Crippen LogP contribution >= 0.6 is 12.2 Å². The van der Waals surface area contributed by atoms with Crippen LogP contribution < -0.4 is 5.56 Å². The average Bonchev–Trinajstić information content (AvgIpc) is 2.19. The van der Waals surface area contributed by atoms with Crippen molar-refractivity contribution in [2.45, 2.75) is 6.54 Å². The maximum absolute atomic E-state index is 11.4. The molecule has 4 nitrogen and oxygen atoms in total. The number of nitrogens with zero attached hydrogens (tertiary/aromatic N) is 1. The van der Waals surface area contributed by atoms with Crippen molar-refractivity contribution in [2.75, 3.05) is 0 Å². The molecular weight excluding hydrogens is 212 g/mol. The van der Waals surface area contributed by atoms with Gasteiger partial charge in [0.1, 0.15) is 5.56 Å². The average molecular weight is 222 g/mol. The molecule has 0 atom stereocenters. The van der Waals surface area contributed by atoms with Gasteiger partial charge in [-0.2, -0.15) is 0 Å². The Labute approximate surface area is 91.5 Å². The van der Waals surface area contributed by atoms with Crippen LogP contribution in [0.2, 0.25) is 0 Å². The summed E-state index contributed by atoms with van der Waals surface area (Å²) in [5.74, 6) is -0.209. The fourth-order valence-corrected chi connectivity index (χ4v) is 1.36.